The standard InChI is InChI=1S/C25H23ClN4O2S/c26-20-11-5-4-9-17(20)13-27-23(31)18-10-6-12-30(14-18)25-28-21-19(16-7-2-1-3-8-16)15-33-22(21)24(32)29-25/h1-5,7-9,11,15,18H,6,10,12-14H2,(H,27,31)(H,28,29,32)/t18-/m1/s1. The number of carbonyl (C=O) groups is 1. The number of carbonyl (C=O) groups excluding carboxylic acids is 1. The number of nitrogens with zero attached hydrogens (tertiary/aromatic N) is 2. The summed E-state index contributed by atoms with van der Waals surface area (Å²) < 4.78 is 0.614. The maximum atomic E-state index is 12.9. The molecule has 3 heterocycles. The Bertz CT molecular complexity index is 1350. The van der Waals surface area contributed by atoms with Crippen molar-refractivity contribution in [2.75, 3.05) is 18.0 Å². The Balaban J connectivity index is 1.36. The molecule has 0 bridgehead atoms. The number of nitrogens with one attached hydrogen (secondary N) is 2. The van der Waals surface area contributed by atoms with Crippen molar-refractivity contribution in [1.82, 2.24) is 15.3 Å². The summed E-state index contributed by atoms with van der Waals surface area (Å²) in [6.45, 7) is 1.65. The van der Waals surface area contributed by atoms with Gasteiger partial charge in [0.1, 0.15) is 4.70 Å². The zero-order valence-electron chi connectivity index (χ0n) is 17.9. The van der Waals surface area contributed by atoms with Crippen LogP contribution in [0.3, 0.4) is 0 Å². The highest BCUT2D eigenvalue weighted by Gasteiger charge is 2.27. The minimum Gasteiger partial charge on any atom is -0.352 e. The van der Waals surface area contributed by atoms with Crippen LogP contribution in [0.1, 0.15) is 18.4 Å². The molecular weight excluding hydrogens is 456 g/mol. The van der Waals surface area contributed by atoms with E-state index in [1.165, 1.54) is 11.3 Å². The van der Waals surface area contributed by atoms with E-state index in [-0.39, 0.29) is 17.4 Å². The van der Waals surface area contributed by atoms with E-state index in [4.69, 9.17) is 16.6 Å². The second kappa shape index (κ2) is 9.37. The minimum atomic E-state index is -0.182. The average Bonchev–Trinajstić information content (AvgIpc) is 3.29. The molecule has 33 heavy (non-hydrogen) atoms. The highest BCUT2D eigenvalue weighted by atomic mass is 35.5. The number of benzene rings is 2. The Labute approximate surface area is 200 Å². The highest BCUT2D eigenvalue weighted by Crippen LogP contribution is 2.32. The van der Waals surface area contributed by atoms with Crippen LogP contribution in [0.25, 0.3) is 21.3 Å². The van der Waals surface area contributed by atoms with Crippen LogP contribution in [-0.4, -0.2) is 29.0 Å². The lowest BCUT2D eigenvalue weighted by molar-refractivity contribution is -0.125. The number of hydrogen-bond acceptors (Lipinski definition) is 5. The lowest BCUT2D eigenvalue weighted by Gasteiger charge is -2.32. The SMILES string of the molecule is O=C(NCc1ccccc1Cl)[C@@H]1CCCN(c2nc3c(-c4ccccc4)csc3c(=O)[nH]2)C1. The Kier molecular flexibility index (Phi) is 6.15. The number of hydrogen-bond donors (Lipinski definition) is 2. The number of anilines is 1. The Morgan fingerprint density at radius 2 is 1.97 bits per heavy atom. The number of halogens is 1. The first kappa shape index (κ1) is 21.7. The number of amides is 1. The van der Waals surface area contributed by atoms with E-state index < -0.39 is 0 Å². The molecule has 2 aromatic carbocycles. The number of fused-ring (bicyclic) bond motifs is 1. The molecule has 2 N–H and O–H groups in total. The largest absolute Gasteiger partial charge is 0.352 e. The monoisotopic (exact) mass is 478 g/mol. The minimum absolute atomic E-state index is 0.0106. The van der Waals surface area contributed by atoms with Crippen LogP contribution in [0.5, 0.6) is 0 Å². The molecule has 1 aliphatic heterocycles. The number of aromatic amines is 1. The van der Waals surface area contributed by atoms with Gasteiger partial charge in [0.2, 0.25) is 11.9 Å². The zero-order valence-corrected chi connectivity index (χ0v) is 19.5. The van der Waals surface area contributed by atoms with Gasteiger partial charge in [-0.2, -0.15) is 0 Å². The summed E-state index contributed by atoms with van der Waals surface area (Å²) in [5.41, 5.74) is 3.43. The van der Waals surface area contributed by atoms with Crippen LogP contribution >= 0.6 is 22.9 Å². The van der Waals surface area contributed by atoms with E-state index in [1.807, 2.05) is 64.9 Å². The van der Waals surface area contributed by atoms with Crippen molar-refractivity contribution in [3.63, 3.8) is 0 Å². The third-order valence-corrected chi connectivity index (χ3v) is 7.34. The van der Waals surface area contributed by atoms with E-state index in [9.17, 15) is 9.59 Å². The molecule has 168 valence electrons. The van der Waals surface area contributed by atoms with Crippen LogP contribution in [0.4, 0.5) is 5.95 Å². The molecule has 2 aromatic heterocycles. The molecule has 0 unspecified atom stereocenters. The van der Waals surface area contributed by atoms with Gasteiger partial charge >= 0.3 is 0 Å². The van der Waals surface area contributed by atoms with Crippen molar-refractivity contribution in [1.29, 1.82) is 0 Å². The average molecular weight is 479 g/mol. The van der Waals surface area contributed by atoms with Crippen molar-refractivity contribution in [2.24, 2.45) is 5.92 Å². The Morgan fingerprint density at radius 1 is 1.18 bits per heavy atom. The normalized spacial score (nSPS) is 16.2. The van der Waals surface area contributed by atoms with E-state index in [0.29, 0.717) is 34.3 Å². The maximum Gasteiger partial charge on any atom is 0.270 e. The molecule has 0 spiro atoms. The van der Waals surface area contributed by atoms with Gasteiger partial charge in [-0.05, 0) is 30.0 Å². The van der Waals surface area contributed by atoms with E-state index in [1.54, 1.807) is 0 Å². The molecule has 4 aromatic rings. The summed E-state index contributed by atoms with van der Waals surface area (Å²) in [5, 5.41) is 5.63. The molecule has 0 radical (unpaired) electrons. The summed E-state index contributed by atoms with van der Waals surface area (Å²) in [5.74, 6) is 0.327. The van der Waals surface area contributed by atoms with Crippen molar-refractivity contribution < 1.29 is 4.79 Å². The molecular formula is C25H23ClN4O2S. The number of H-pyrrole nitrogens is 1. The molecule has 8 heteroatoms. The maximum absolute atomic E-state index is 12.9. The molecule has 0 aliphatic carbocycles. The highest BCUT2D eigenvalue weighted by molar-refractivity contribution is 7.17. The second-order valence-corrected chi connectivity index (χ2v) is 9.46. The topological polar surface area (TPSA) is 78.1 Å². The summed E-state index contributed by atoms with van der Waals surface area (Å²) in [6, 6.07) is 17.5. The van der Waals surface area contributed by atoms with E-state index in [2.05, 4.69) is 10.3 Å². The molecule has 6 nitrogen and oxygen atoms in total. The molecule has 1 amide bonds. The fraction of sp³-hybridized carbons (Fsp3) is 0.240. The first-order valence-electron chi connectivity index (χ1n) is 10.9. The molecule has 5 rings (SSSR count). The number of aromatic nitrogens is 2. The number of thiophene rings is 1. The van der Waals surface area contributed by atoms with Crippen LogP contribution in [-0.2, 0) is 11.3 Å². The summed E-state index contributed by atoms with van der Waals surface area (Å²) >= 11 is 7.61. The fourth-order valence-corrected chi connectivity index (χ4v) is 5.35. The third kappa shape index (κ3) is 4.51. The van der Waals surface area contributed by atoms with Crippen molar-refractivity contribution in [3.8, 4) is 11.1 Å². The van der Waals surface area contributed by atoms with Crippen LogP contribution in [0, 0.1) is 5.92 Å². The van der Waals surface area contributed by atoms with E-state index >= 15 is 0 Å². The predicted molar refractivity (Wildman–Crippen MR) is 134 cm³/mol. The van der Waals surface area contributed by atoms with Crippen LogP contribution in [0.15, 0.2) is 64.8 Å². The third-order valence-electron chi connectivity index (χ3n) is 6.00. The zero-order chi connectivity index (χ0) is 22.8. The van der Waals surface area contributed by atoms with Gasteiger partial charge in [-0.15, -0.1) is 11.3 Å². The predicted octanol–water partition coefficient (Wildman–Crippen LogP) is 4.84. The Morgan fingerprint density at radius 3 is 2.79 bits per heavy atom. The smallest absolute Gasteiger partial charge is 0.270 e. The van der Waals surface area contributed by atoms with Gasteiger partial charge in [0.25, 0.3) is 5.56 Å². The summed E-state index contributed by atoms with van der Waals surface area (Å²) in [7, 11) is 0. The van der Waals surface area contributed by atoms with Gasteiger partial charge in [0.15, 0.2) is 0 Å². The lowest BCUT2D eigenvalue weighted by Crippen LogP contribution is -2.44. The summed E-state index contributed by atoms with van der Waals surface area (Å²) in [6.07, 6.45) is 1.64. The summed E-state index contributed by atoms with van der Waals surface area (Å²) in [4.78, 5) is 35.4. The van der Waals surface area contributed by atoms with Crippen LogP contribution < -0.4 is 15.8 Å². The van der Waals surface area contributed by atoms with Crippen molar-refractivity contribution >= 4 is 45.0 Å². The first-order valence-corrected chi connectivity index (χ1v) is 12.2. The second-order valence-electron chi connectivity index (χ2n) is 8.18. The Hall–Kier alpha value is -3.16. The number of rotatable bonds is 5. The van der Waals surface area contributed by atoms with Gasteiger partial charge in [-0.1, -0.05) is 60.1 Å². The number of piperidine rings is 1. The van der Waals surface area contributed by atoms with Gasteiger partial charge in [-0.25, -0.2) is 4.98 Å². The van der Waals surface area contributed by atoms with Crippen molar-refractivity contribution in [3.05, 3.63) is 80.9 Å². The quantitative estimate of drug-likeness (QED) is 0.430. The molecule has 1 atom stereocenters. The van der Waals surface area contributed by atoms with Gasteiger partial charge in [-0.3, -0.25) is 14.6 Å². The van der Waals surface area contributed by atoms with Gasteiger partial charge in [0, 0.05) is 35.6 Å². The molecule has 1 aliphatic rings. The first-order chi connectivity index (χ1) is 16.1. The molecule has 1 saturated heterocycles. The van der Waals surface area contributed by atoms with E-state index in [0.717, 1.165) is 36.1 Å². The van der Waals surface area contributed by atoms with Crippen LogP contribution in [0.2, 0.25) is 5.02 Å². The molecule has 0 saturated carbocycles. The van der Waals surface area contributed by atoms with Crippen molar-refractivity contribution in [2.45, 2.75) is 19.4 Å². The fourth-order valence-electron chi connectivity index (χ4n) is 4.24. The lowest BCUT2D eigenvalue weighted by atomic mass is 9.97. The molecule has 1 fully saturated rings. The van der Waals surface area contributed by atoms with Gasteiger partial charge < -0.3 is 10.2 Å². The van der Waals surface area contributed by atoms with Gasteiger partial charge in [0.05, 0.1) is 11.4 Å².